The van der Waals surface area contributed by atoms with Gasteiger partial charge in [0.2, 0.25) is 5.88 Å². The lowest BCUT2D eigenvalue weighted by atomic mass is 10.3. The van der Waals surface area contributed by atoms with Crippen molar-refractivity contribution in [2.45, 2.75) is 0 Å². The van der Waals surface area contributed by atoms with Crippen LogP contribution in [0.3, 0.4) is 0 Å². The van der Waals surface area contributed by atoms with Crippen LogP contribution in [0.5, 0.6) is 5.88 Å². The van der Waals surface area contributed by atoms with E-state index >= 15 is 0 Å². The van der Waals surface area contributed by atoms with Gasteiger partial charge in [0.15, 0.2) is 11.5 Å². The highest BCUT2D eigenvalue weighted by Crippen LogP contribution is 2.13. The van der Waals surface area contributed by atoms with E-state index in [4.69, 9.17) is 15.2 Å². The van der Waals surface area contributed by atoms with Gasteiger partial charge in [-0.15, -0.1) is 0 Å². The molecular weight excluding hydrogens is 274 g/mol. The fraction of sp³-hybridized carbons (Fsp3) is 0.231. The van der Waals surface area contributed by atoms with Crippen molar-refractivity contribution in [2.24, 2.45) is 0 Å². The van der Waals surface area contributed by atoms with Gasteiger partial charge in [-0.1, -0.05) is 0 Å². The zero-order valence-electron chi connectivity index (χ0n) is 11.4. The molecule has 2 heterocycles. The number of amides is 1. The molecule has 8 heteroatoms. The summed E-state index contributed by atoms with van der Waals surface area (Å²) in [5.74, 6) is 0.0713. The van der Waals surface area contributed by atoms with Crippen LogP contribution in [0.25, 0.3) is 0 Å². The van der Waals surface area contributed by atoms with Crippen molar-refractivity contribution in [3.8, 4) is 5.88 Å². The molecule has 0 unspecified atom stereocenters. The van der Waals surface area contributed by atoms with Crippen LogP contribution in [0.4, 0.5) is 11.5 Å². The molecule has 2 aromatic heterocycles. The van der Waals surface area contributed by atoms with Gasteiger partial charge >= 0.3 is 0 Å². The topological polar surface area (TPSA) is 112 Å². The lowest BCUT2D eigenvalue weighted by Gasteiger charge is -2.07. The molecule has 0 bridgehead atoms. The number of hydrogen-bond acceptors (Lipinski definition) is 7. The SMILES string of the molecule is COCCOc1ccc(NC(=O)c2nccnc2N)cn1. The Morgan fingerprint density at radius 3 is 2.71 bits per heavy atom. The van der Waals surface area contributed by atoms with Crippen molar-refractivity contribution in [3.05, 3.63) is 36.4 Å². The monoisotopic (exact) mass is 289 g/mol. The fourth-order valence-corrected chi connectivity index (χ4v) is 1.48. The Kier molecular flexibility index (Phi) is 4.99. The van der Waals surface area contributed by atoms with E-state index in [1.54, 1.807) is 19.2 Å². The molecule has 0 aromatic carbocycles. The Labute approximate surface area is 121 Å². The Bertz CT molecular complexity index is 603. The minimum Gasteiger partial charge on any atom is -0.475 e. The number of carbonyl (C=O) groups excluding carboxylic acids is 1. The van der Waals surface area contributed by atoms with Crippen molar-refractivity contribution in [2.75, 3.05) is 31.4 Å². The van der Waals surface area contributed by atoms with Gasteiger partial charge in [0.1, 0.15) is 6.61 Å². The number of nitrogen functional groups attached to an aromatic ring is 1. The Hall–Kier alpha value is -2.74. The Balaban J connectivity index is 1.97. The molecule has 0 aliphatic carbocycles. The maximum absolute atomic E-state index is 12.0. The Morgan fingerprint density at radius 1 is 1.24 bits per heavy atom. The average molecular weight is 289 g/mol. The van der Waals surface area contributed by atoms with Gasteiger partial charge in [-0.25, -0.2) is 15.0 Å². The van der Waals surface area contributed by atoms with Crippen molar-refractivity contribution in [3.63, 3.8) is 0 Å². The van der Waals surface area contributed by atoms with Crippen LogP contribution in [-0.4, -0.2) is 41.2 Å². The number of nitrogens with one attached hydrogen (secondary N) is 1. The molecule has 21 heavy (non-hydrogen) atoms. The minimum absolute atomic E-state index is 0.0675. The number of ether oxygens (including phenoxy) is 2. The quantitative estimate of drug-likeness (QED) is 0.754. The van der Waals surface area contributed by atoms with Gasteiger partial charge < -0.3 is 20.5 Å². The predicted octanol–water partition coefficient (Wildman–Crippen LogP) is 0.731. The first kappa shape index (κ1) is 14.7. The molecule has 0 fully saturated rings. The first-order chi connectivity index (χ1) is 10.2. The van der Waals surface area contributed by atoms with Gasteiger partial charge in [0.05, 0.1) is 18.5 Å². The highest BCUT2D eigenvalue weighted by Gasteiger charge is 2.12. The molecule has 3 N–H and O–H groups in total. The zero-order valence-corrected chi connectivity index (χ0v) is 11.4. The largest absolute Gasteiger partial charge is 0.475 e. The van der Waals surface area contributed by atoms with Crippen LogP contribution < -0.4 is 15.8 Å². The second-order valence-electron chi connectivity index (χ2n) is 3.97. The third kappa shape index (κ3) is 4.11. The molecule has 0 spiro atoms. The number of rotatable bonds is 6. The standard InChI is InChI=1S/C13H15N5O3/c1-20-6-7-21-10-3-2-9(8-17-10)18-13(19)11-12(14)16-5-4-15-11/h2-5,8H,6-7H2,1H3,(H2,14,16)(H,18,19). The molecule has 0 saturated carbocycles. The lowest BCUT2D eigenvalue weighted by Crippen LogP contribution is -2.16. The Morgan fingerprint density at radius 2 is 2.05 bits per heavy atom. The number of nitrogens with two attached hydrogens (primary N) is 1. The lowest BCUT2D eigenvalue weighted by molar-refractivity contribution is 0.102. The average Bonchev–Trinajstić information content (AvgIpc) is 2.49. The summed E-state index contributed by atoms with van der Waals surface area (Å²) in [7, 11) is 1.59. The van der Waals surface area contributed by atoms with E-state index < -0.39 is 5.91 Å². The van der Waals surface area contributed by atoms with Crippen molar-refractivity contribution in [1.29, 1.82) is 0 Å². The summed E-state index contributed by atoms with van der Waals surface area (Å²) in [5.41, 5.74) is 6.16. The molecule has 1 amide bonds. The molecule has 8 nitrogen and oxygen atoms in total. The molecule has 0 aliphatic rings. The first-order valence-corrected chi connectivity index (χ1v) is 6.16. The van der Waals surface area contributed by atoms with E-state index in [0.717, 1.165) is 0 Å². The normalized spacial score (nSPS) is 10.1. The number of carbonyl (C=O) groups is 1. The van der Waals surface area contributed by atoms with Gasteiger partial charge in [0.25, 0.3) is 5.91 Å². The van der Waals surface area contributed by atoms with Crippen LogP contribution in [0.1, 0.15) is 10.5 Å². The van der Waals surface area contributed by atoms with Crippen molar-refractivity contribution < 1.29 is 14.3 Å². The third-order valence-corrected chi connectivity index (χ3v) is 2.47. The van der Waals surface area contributed by atoms with Crippen LogP contribution in [0.15, 0.2) is 30.7 Å². The molecule has 0 atom stereocenters. The molecule has 0 radical (unpaired) electrons. The van der Waals surface area contributed by atoms with Gasteiger partial charge in [-0.05, 0) is 6.07 Å². The van der Waals surface area contributed by atoms with E-state index in [2.05, 4.69) is 20.3 Å². The second-order valence-corrected chi connectivity index (χ2v) is 3.97. The summed E-state index contributed by atoms with van der Waals surface area (Å²) in [6.07, 6.45) is 4.29. The fourth-order valence-electron chi connectivity index (χ4n) is 1.48. The summed E-state index contributed by atoms with van der Waals surface area (Å²) in [6.45, 7) is 0.886. The summed E-state index contributed by atoms with van der Waals surface area (Å²) < 4.78 is 10.2. The third-order valence-electron chi connectivity index (χ3n) is 2.47. The van der Waals surface area contributed by atoms with E-state index in [9.17, 15) is 4.79 Å². The van der Waals surface area contributed by atoms with Crippen molar-refractivity contribution in [1.82, 2.24) is 15.0 Å². The number of aromatic nitrogens is 3. The van der Waals surface area contributed by atoms with Crippen LogP contribution in [-0.2, 0) is 4.74 Å². The van der Waals surface area contributed by atoms with Crippen LogP contribution >= 0.6 is 0 Å². The zero-order chi connectivity index (χ0) is 15.1. The van der Waals surface area contributed by atoms with Crippen LogP contribution in [0, 0.1) is 0 Å². The summed E-state index contributed by atoms with van der Waals surface area (Å²) in [6, 6.07) is 3.31. The van der Waals surface area contributed by atoms with Crippen LogP contribution in [0.2, 0.25) is 0 Å². The number of pyridine rings is 1. The summed E-state index contributed by atoms with van der Waals surface area (Å²) in [4.78, 5) is 23.7. The highest BCUT2D eigenvalue weighted by molar-refractivity contribution is 6.05. The van der Waals surface area contributed by atoms with E-state index in [1.807, 2.05) is 0 Å². The van der Waals surface area contributed by atoms with Gasteiger partial charge in [-0.2, -0.15) is 0 Å². The van der Waals surface area contributed by atoms with E-state index in [-0.39, 0.29) is 11.5 Å². The van der Waals surface area contributed by atoms with E-state index in [1.165, 1.54) is 18.6 Å². The molecule has 2 rings (SSSR count). The first-order valence-electron chi connectivity index (χ1n) is 6.16. The molecular formula is C13H15N5O3. The smallest absolute Gasteiger partial charge is 0.278 e. The molecule has 110 valence electrons. The number of hydrogen-bond donors (Lipinski definition) is 2. The maximum atomic E-state index is 12.0. The second kappa shape index (κ2) is 7.15. The number of anilines is 2. The van der Waals surface area contributed by atoms with Gasteiger partial charge in [-0.3, -0.25) is 4.79 Å². The number of methoxy groups -OCH3 is 1. The highest BCUT2D eigenvalue weighted by atomic mass is 16.5. The molecule has 0 saturated heterocycles. The van der Waals surface area contributed by atoms with E-state index in [0.29, 0.717) is 24.8 Å². The van der Waals surface area contributed by atoms with Gasteiger partial charge in [0, 0.05) is 25.6 Å². The van der Waals surface area contributed by atoms with Crippen molar-refractivity contribution >= 4 is 17.4 Å². The molecule has 0 aliphatic heterocycles. The predicted molar refractivity (Wildman–Crippen MR) is 76.0 cm³/mol. The maximum Gasteiger partial charge on any atom is 0.278 e. The summed E-state index contributed by atoms with van der Waals surface area (Å²) >= 11 is 0. The molecule has 2 aromatic rings. The minimum atomic E-state index is -0.449. The summed E-state index contributed by atoms with van der Waals surface area (Å²) in [5, 5.41) is 2.63. The number of nitrogens with zero attached hydrogens (tertiary/aromatic N) is 3.